The van der Waals surface area contributed by atoms with Crippen LogP contribution in [0.5, 0.6) is 11.6 Å². The van der Waals surface area contributed by atoms with Crippen molar-refractivity contribution in [3.63, 3.8) is 0 Å². The Morgan fingerprint density at radius 2 is 1.84 bits per heavy atom. The normalized spacial score (nSPS) is 28.1. The number of alkyl halides is 2. The van der Waals surface area contributed by atoms with E-state index in [4.69, 9.17) is 16.0 Å². The largest absolute Gasteiger partial charge is 0.479 e. The first-order chi connectivity index (χ1) is 17.7. The Balaban J connectivity index is 1.86. The van der Waals surface area contributed by atoms with Crippen LogP contribution in [0.4, 0.5) is 14.6 Å². The van der Waals surface area contributed by atoms with Crippen LogP contribution in [0, 0.1) is 12.5 Å². The average molecular weight is 508 g/mol. The fourth-order valence-corrected chi connectivity index (χ4v) is 6.13. The minimum absolute atomic E-state index is 0.00189. The molecule has 192 valence electrons. The van der Waals surface area contributed by atoms with Crippen LogP contribution < -0.4 is 9.47 Å². The predicted molar refractivity (Wildman–Crippen MR) is 132 cm³/mol. The van der Waals surface area contributed by atoms with E-state index in [0.717, 1.165) is 5.56 Å². The number of fused-ring (bicyclic) bond motifs is 3. The van der Waals surface area contributed by atoms with Gasteiger partial charge < -0.3 is 29.4 Å². The molecule has 2 aliphatic rings. The number of hydrogen-bond donors (Lipinski definition) is 2. The fourth-order valence-electron chi connectivity index (χ4n) is 6.13. The Bertz CT molecular complexity index is 1350. The number of methoxy groups -OCH3 is 1. The second-order valence-corrected chi connectivity index (χ2v) is 9.76. The summed E-state index contributed by atoms with van der Waals surface area (Å²) >= 11 is 0. The Kier molecular flexibility index (Phi) is 6.15. The molecule has 0 bridgehead atoms. The van der Waals surface area contributed by atoms with Gasteiger partial charge in [0.1, 0.15) is 11.3 Å². The van der Waals surface area contributed by atoms with E-state index in [1.165, 1.54) is 37.4 Å². The maximum Gasteiger partial charge on any atom is 0.319 e. The number of hydrogen-bond acceptors (Lipinski definition) is 6. The minimum atomic E-state index is -2.67. The molecule has 1 fully saturated rings. The van der Waals surface area contributed by atoms with Crippen LogP contribution in [0.15, 0.2) is 60.7 Å². The SMILES string of the molecule is [C-]#[N+]c1cc2c(c(OC)n1)[C@]1(O)[C@H](O)[C@H](CN(C)C)[C@@H](c3ccccc3)[C@]1(c1ccc(C(F)F)cc1)O2. The number of rotatable bonds is 6. The van der Waals surface area contributed by atoms with Crippen LogP contribution in [-0.4, -0.2) is 54.0 Å². The fraction of sp³-hybridized carbons (Fsp3) is 0.357. The van der Waals surface area contributed by atoms with Crippen molar-refractivity contribution in [2.45, 2.75) is 29.6 Å². The molecule has 1 aliphatic carbocycles. The second-order valence-electron chi connectivity index (χ2n) is 9.76. The first-order valence-electron chi connectivity index (χ1n) is 11.8. The predicted octanol–water partition coefficient (Wildman–Crippen LogP) is 4.39. The number of ether oxygens (including phenoxy) is 2. The average Bonchev–Trinajstić information content (AvgIpc) is 3.26. The van der Waals surface area contributed by atoms with Crippen LogP contribution in [0.2, 0.25) is 0 Å². The smallest absolute Gasteiger partial charge is 0.319 e. The monoisotopic (exact) mass is 507 g/mol. The standard InChI is InChI=1S/C28H27F2N3O4/c1-31-21-14-20-23(26(32-21)36-4)27(35)24(34)19(15-33(2)3)22(16-8-6-5-7-9-16)28(27,37-20)18-12-10-17(11-13-18)25(29)30/h5-14,19,22,24-25,34-35H,15H2,2-4H3/t19-,22-,24-,27+,28+/m1/s1. The maximum absolute atomic E-state index is 13.4. The topological polar surface area (TPSA) is 79.4 Å². The third-order valence-electron chi connectivity index (χ3n) is 7.49. The summed E-state index contributed by atoms with van der Waals surface area (Å²) in [5.74, 6) is -1.02. The van der Waals surface area contributed by atoms with Crippen molar-refractivity contribution in [3.05, 3.63) is 94.3 Å². The summed E-state index contributed by atoms with van der Waals surface area (Å²) < 4.78 is 39.0. The lowest BCUT2D eigenvalue weighted by Gasteiger charge is -2.41. The first-order valence-corrected chi connectivity index (χ1v) is 11.8. The molecule has 2 N–H and O–H groups in total. The highest BCUT2D eigenvalue weighted by Gasteiger charge is 2.77. The van der Waals surface area contributed by atoms with Gasteiger partial charge in [-0.3, -0.25) is 0 Å². The molecule has 0 unspecified atom stereocenters. The van der Waals surface area contributed by atoms with Gasteiger partial charge in [0.05, 0.1) is 13.2 Å². The number of benzene rings is 2. The highest BCUT2D eigenvalue weighted by molar-refractivity contribution is 5.62. The summed E-state index contributed by atoms with van der Waals surface area (Å²) in [5, 5.41) is 24.6. The molecular formula is C28H27F2N3O4. The zero-order valence-corrected chi connectivity index (χ0v) is 20.6. The quantitative estimate of drug-likeness (QED) is 0.482. The molecule has 9 heteroatoms. The number of aromatic nitrogens is 1. The summed E-state index contributed by atoms with van der Waals surface area (Å²) in [6, 6.07) is 16.4. The number of pyridine rings is 1. The number of aliphatic hydroxyl groups excluding tert-OH is 1. The molecule has 1 aromatic heterocycles. The zero-order chi connectivity index (χ0) is 26.5. The van der Waals surface area contributed by atoms with Gasteiger partial charge >= 0.3 is 5.88 Å². The molecule has 0 saturated heterocycles. The van der Waals surface area contributed by atoms with Crippen LogP contribution in [-0.2, 0) is 11.2 Å². The Hall–Kier alpha value is -3.58. The number of halogens is 2. The van der Waals surface area contributed by atoms with Crippen LogP contribution in [0.25, 0.3) is 4.85 Å². The number of aliphatic hydroxyl groups is 2. The number of nitrogens with zero attached hydrogens (tertiary/aromatic N) is 3. The van der Waals surface area contributed by atoms with Gasteiger partial charge in [-0.1, -0.05) is 66.2 Å². The lowest BCUT2D eigenvalue weighted by molar-refractivity contribution is -0.152. The maximum atomic E-state index is 13.4. The van der Waals surface area contributed by atoms with Crippen molar-refractivity contribution in [3.8, 4) is 11.6 Å². The van der Waals surface area contributed by atoms with Gasteiger partial charge in [0.2, 0.25) is 0 Å². The van der Waals surface area contributed by atoms with Gasteiger partial charge in [-0.15, -0.1) is 0 Å². The summed E-state index contributed by atoms with van der Waals surface area (Å²) in [5.41, 5.74) is -2.53. The van der Waals surface area contributed by atoms with Crippen LogP contribution in [0.1, 0.15) is 34.6 Å². The third-order valence-corrected chi connectivity index (χ3v) is 7.49. The molecule has 37 heavy (non-hydrogen) atoms. The molecule has 2 aromatic carbocycles. The summed E-state index contributed by atoms with van der Waals surface area (Å²) in [6.45, 7) is 7.85. The molecular weight excluding hydrogens is 480 g/mol. The molecule has 5 atom stereocenters. The van der Waals surface area contributed by atoms with Gasteiger partial charge in [0.15, 0.2) is 11.2 Å². The Morgan fingerprint density at radius 1 is 1.16 bits per heavy atom. The van der Waals surface area contributed by atoms with Crippen molar-refractivity contribution in [1.29, 1.82) is 0 Å². The van der Waals surface area contributed by atoms with Crippen molar-refractivity contribution >= 4 is 5.82 Å². The van der Waals surface area contributed by atoms with Crippen molar-refractivity contribution in [2.75, 3.05) is 27.7 Å². The minimum Gasteiger partial charge on any atom is -0.479 e. The van der Waals surface area contributed by atoms with Crippen molar-refractivity contribution < 1.29 is 28.5 Å². The van der Waals surface area contributed by atoms with E-state index in [0.29, 0.717) is 12.1 Å². The highest BCUT2D eigenvalue weighted by Crippen LogP contribution is 2.69. The molecule has 7 nitrogen and oxygen atoms in total. The third kappa shape index (κ3) is 3.51. The van der Waals surface area contributed by atoms with Crippen LogP contribution in [0.3, 0.4) is 0 Å². The van der Waals surface area contributed by atoms with Gasteiger partial charge in [-0.25, -0.2) is 8.78 Å². The Morgan fingerprint density at radius 3 is 2.41 bits per heavy atom. The van der Waals surface area contributed by atoms with E-state index in [-0.39, 0.29) is 28.6 Å². The van der Waals surface area contributed by atoms with Gasteiger partial charge in [0.25, 0.3) is 12.2 Å². The zero-order valence-electron chi connectivity index (χ0n) is 20.6. The molecule has 3 aromatic rings. The van der Waals surface area contributed by atoms with Gasteiger partial charge in [-0.2, -0.15) is 0 Å². The second kappa shape index (κ2) is 9.06. The van der Waals surface area contributed by atoms with E-state index < -0.39 is 35.6 Å². The first kappa shape index (κ1) is 25.1. The molecule has 1 aliphatic heterocycles. The van der Waals surface area contributed by atoms with Crippen molar-refractivity contribution in [1.82, 2.24) is 9.88 Å². The summed E-state index contributed by atoms with van der Waals surface area (Å²) in [7, 11) is 5.11. The van der Waals surface area contributed by atoms with Gasteiger partial charge in [-0.05, 0) is 25.2 Å². The van der Waals surface area contributed by atoms with E-state index in [1.54, 1.807) is 0 Å². The van der Waals surface area contributed by atoms with E-state index in [1.807, 2.05) is 49.3 Å². The summed E-state index contributed by atoms with van der Waals surface area (Å²) in [4.78, 5) is 9.54. The highest BCUT2D eigenvalue weighted by atomic mass is 19.3. The molecule has 2 heterocycles. The van der Waals surface area contributed by atoms with E-state index in [2.05, 4.69) is 9.83 Å². The molecule has 0 amide bonds. The molecule has 0 radical (unpaired) electrons. The molecule has 5 rings (SSSR count). The Labute approximate surface area is 213 Å². The molecule has 1 saturated carbocycles. The van der Waals surface area contributed by atoms with E-state index >= 15 is 0 Å². The molecule has 0 spiro atoms. The summed E-state index contributed by atoms with van der Waals surface area (Å²) in [6.07, 6.45) is -4.02. The lowest BCUT2D eigenvalue weighted by Crippen LogP contribution is -2.52. The lowest BCUT2D eigenvalue weighted by atomic mass is 9.70. The van der Waals surface area contributed by atoms with Crippen LogP contribution >= 0.6 is 0 Å². The van der Waals surface area contributed by atoms with Crippen molar-refractivity contribution in [2.24, 2.45) is 5.92 Å². The van der Waals surface area contributed by atoms with E-state index in [9.17, 15) is 19.0 Å². The van der Waals surface area contributed by atoms with Gasteiger partial charge in [0, 0.05) is 30.0 Å².